The van der Waals surface area contributed by atoms with Crippen molar-refractivity contribution < 1.29 is 28.8 Å². The van der Waals surface area contributed by atoms with E-state index < -0.39 is 46.6 Å². The van der Waals surface area contributed by atoms with E-state index in [2.05, 4.69) is 0 Å². The van der Waals surface area contributed by atoms with Crippen LogP contribution in [0.1, 0.15) is 37.3 Å². The van der Waals surface area contributed by atoms with Gasteiger partial charge < -0.3 is 15.4 Å². The standard InChI is InChI=1S/C26H26N4O7/c1-37-18-11-9-14(10-12-18)21-19-20(22(23(27)31)29(21)24(32)15-5-2-3-6-15)26(34)28(25(19)33)16-7-4-8-17(13-16)30(35)36/h4,7-13,15,19-22H,2-3,5-6H2,1H3,(H2,27,31). The van der Waals surface area contributed by atoms with Gasteiger partial charge in [-0.1, -0.05) is 31.0 Å². The summed E-state index contributed by atoms with van der Waals surface area (Å²) < 4.78 is 5.24. The van der Waals surface area contributed by atoms with Gasteiger partial charge in [0, 0.05) is 18.1 Å². The third kappa shape index (κ3) is 3.90. The Morgan fingerprint density at radius 3 is 2.27 bits per heavy atom. The lowest BCUT2D eigenvalue weighted by Crippen LogP contribution is -2.51. The number of rotatable bonds is 6. The number of carbonyl (C=O) groups is 4. The van der Waals surface area contributed by atoms with Crippen molar-refractivity contribution in [3.05, 3.63) is 64.2 Å². The molecule has 0 spiro atoms. The first kappa shape index (κ1) is 24.4. The van der Waals surface area contributed by atoms with E-state index in [1.165, 1.54) is 30.2 Å². The molecule has 2 N–H and O–H groups in total. The van der Waals surface area contributed by atoms with E-state index in [4.69, 9.17) is 10.5 Å². The lowest BCUT2D eigenvalue weighted by molar-refractivity contribution is -0.384. The first-order valence-electron chi connectivity index (χ1n) is 12.1. The smallest absolute Gasteiger partial charge is 0.271 e. The van der Waals surface area contributed by atoms with Crippen molar-refractivity contribution in [3.63, 3.8) is 0 Å². The number of likely N-dealkylation sites (tertiary alicyclic amines) is 1. The quantitative estimate of drug-likeness (QED) is 0.358. The van der Waals surface area contributed by atoms with Crippen LogP contribution in [0, 0.1) is 27.9 Å². The number of nitro benzene ring substituents is 1. The topological polar surface area (TPSA) is 153 Å². The summed E-state index contributed by atoms with van der Waals surface area (Å²) in [5.41, 5.74) is 6.11. The molecule has 2 aromatic carbocycles. The van der Waals surface area contributed by atoms with Crippen LogP contribution in [0.5, 0.6) is 5.75 Å². The van der Waals surface area contributed by atoms with Crippen molar-refractivity contribution in [1.29, 1.82) is 0 Å². The number of benzene rings is 2. The molecule has 5 rings (SSSR count). The van der Waals surface area contributed by atoms with E-state index in [-0.39, 0.29) is 23.2 Å². The Balaban J connectivity index is 1.63. The maximum atomic E-state index is 13.9. The molecule has 4 unspecified atom stereocenters. The SMILES string of the molecule is COc1ccc(C2C3C(=O)N(c4cccc([N+](=O)[O-])c4)C(=O)C3C(C(N)=O)N2C(=O)C2CCCC2)cc1. The zero-order chi connectivity index (χ0) is 26.4. The van der Waals surface area contributed by atoms with Gasteiger partial charge in [-0.15, -0.1) is 0 Å². The predicted octanol–water partition coefficient (Wildman–Crippen LogP) is 2.34. The number of primary amides is 1. The van der Waals surface area contributed by atoms with Gasteiger partial charge in [0.15, 0.2) is 0 Å². The number of hydrogen-bond acceptors (Lipinski definition) is 7. The van der Waals surface area contributed by atoms with Crippen LogP contribution in [0.2, 0.25) is 0 Å². The van der Waals surface area contributed by atoms with Crippen LogP contribution in [0.4, 0.5) is 11.4 Å². The van der Waals surface area contributed by atoms with E-state index in [9.17, 15) is 29.3 Å². The number of nitrogens with two attached hydrogens (primary N) is 1. The highest BCUT2D eigenvalue weighted by Gasteiger charge is 2.65. The number of amides is 4. The predicted molar refractivity (Wildman–Crippen MR) is 130 cm³/mol. The van der Waals surface area contributed by atoms with Crippen LogP contribution in [0.15, 0.2) is 48.5 Å². The number of fused-ring (bicyclic) bond motifs is 1. The Morgan fingerprint density at radius 2 is 1.68 bits per heavy atom. The van der Waals surface area contributed by atoms with E-state index in [1.807, 2.05) is 0 Å². The van der Waals surface area contributed by atoms with Crippen molar-refractivity contribution in [2.24, 2.45) is 23.5 Å². The molecule has 11 nitrogen and oxygen atoms in total. The monoisotopic (exact) mass is 506 g/mol. The Hall–Kier alpha value is -4.28. The molecule has 11 heteroatoms. The summed E-state index contributed by atoms with van der Waals surface area (Å²) in [4.78, 5) is 67.1. The third-order valence-electron chi connectivity index (χ3n) is 7.68. The fraction of sp³-hybridized carbons (Fsp3) is 0.385. The van der Waals surface area contributed by atoms with Crippen LogP contribution < -0.4 is 15.4 Å². The van der Waals surface area contributed by atoms with Gasteiger partial charge in [0.2, 0.25) is 23.6 Å². The molecule has 4 atom stereocenters. The number of methoxy groups -OCH3 is 1. The molecule has 37 heavy (non-hydrogen) atoms. The average Bonchev–Trinajstić information content (AvgIpc) is 3.60. The van der Waals surface area contributed by atoms with Gasteiger partial charge in [0.05, 0.1) is 35.6 Å². The van der Waals surface area contributed by atoms with Crippen LogP contribution in [0.3, 0.4) is 0 Å². The number of ether oxygens (including phenoxy) is 1. The van der Waals surface area contributed by atoms with Crippen LogP contribution >= 0.6 is 0 Å². The Labute approximate surface area is 212 Å². The first-order chi connectivity index (χ1) is 17.7. The number of carbonyl (C=O) groups excluding carboxylic acids is 4. The van der Waals surface area contributed by atoms with Crippen LogP contribution in [-0.4, -0.2) is 46.6 Å². The molecule has 0 radical (unpaired) electrons. The molecule has 3 fully saturated rings. The lowest BCUT2D eigenvalue weighted by atomic mass is 9.86. The zero-order valence-corrected chi connectivity index (χ0v) is 20.1. The zero-order valence-electron chi connectivity index (χ0n) is 20.1. The minimum atomic E-state index is -1.33. The number of non-ortho nitro benzene ring substituents is 1. The number of hydrogen-bond donors (Lipinski definition) is 1. The summed E-state index contributed by atoms with van der Waals surface area (Å²) in [6.45, 7) is 0. The molecule has 2 aromatic rings. The Kier molecular flexibility index (Phi) is 6.14. The van der Waals surface area contributed by atoms with Gasteiger partial charge in [-0.3, -0.25) is 29.3 Å². The second-order valence-corrected chi connectivity index (χ2v) is 9.63. The van der Waals surface area contributed by atoms with E-state index in [1.54, 1.807) is 24.3 Å². The summed E-state index contributed by atoms with van der Waals surface area (Å²) in [5, 5.41) is 11.3. The highest BCUT2D eigenvalue weighted by atomic mass is 16.6. The second-order valence-electron chi connectivity index (χ2n) is 9.63. The number of anilines is 1. The maximum absolute atomic E-state index is 13.9. The molecule has 4 amide bonds. The fourth-order valence-electron chi connectivity index (χ4n) is 6.04. The van der Waals surface area contributed by atoms with Gasteiger partial charge in [-0.2, -0.15) is 0 Å². The number of imide groups is 1. The van der Waals surface area contributed by atoms with Crippen molar-refractivity contribution in [2.75, 3.05) is 12.0 Å². The van der Waals surface area contributed by atoms with E-state index in [0.717, 1.165) is 23.8 Å². The molecule has 0 aromatic heterocycles. The van der Waals surface area contributed by atoms with Gasteiger partial charge >= 0.3 is 0 Å². The summed E-state index contributed by atoms with van der Waals surface area (Å²) in [7, 11) is 1.51. The minimum absolute atomic E-state index is 0.0315. The summed E-state index contributed by atoms with van der Waals surface area (Å²) in [6, 6.07) is 9.71. The normalized spacial score (nSPS) is 25.4. The minimum Gasteiger partial charge on any atom is -0.497 e. The third-order valence-corrected chi connectivity index (χ3v) is 7.68. The van der Waals surface area contributed by atoms with Crippen LogP contribution in [-0.2, 0) is 19.2 Å². The highest BCUT2D eigenvalue weighted by molar-refractivity contribution is 6.24. The Bertz CT molecular complexity index is 1290. The Morgan fingerprint density at radius 1 is 1.03 bits per heavy atom. The molecule has 192 valence electrons. The number of nitrogens with zero attached hydrogens (tertiary/aromatic N) is 3. The van der Waals surface area contributed by atoms with Crippen molar-refractivity contribution >= 4 is 35.0 Å². The van der Waals surface area contributed by atoms with Crippen molar-refractivity contribution in [1.82, 2.24) is 4.90 Å². The molecule has 2 saturated heterocycles. The largest absolute Gasteiger partial charge is 0.497 e. The van der Waals surface area contributed by atoms with Crippen molar-refractivity contribution in [3.8, 4) is 5.75 Å². The average molecular weight is 507 g/mol. The number of nitro groups is 1. The summed E-state index contributed by atoms with van der Waals surface area (Å²) in [6.07, 6.45) is 3.08. The van der Waals surface area contributed by atoms with Gasteiger partial charge in [0.25, 0.3) is 5.69 Å². The second kappa shape index (κ2) is 9.30. The molecular weight excluding hydrogens is 480 g/mol. The molecule has 1 saturated carbocycles. The molecule has 0 bridgehead atoms. The molecule has 2 heterocycles. The highest BCUT2D eigenvalue weighted by Crippen LogP contribution is 2.52. The van der Waals surface area contributed by atoms with Crippen molar-refractivity contribution in [2.45, 2.75) is 37.8 Å². The molecule has 3 aliphatic rings. The van der Waals surface area contributed by atoms with Gasteiger partial charge in [-0.25, -0.2) is 4.90 Å². The van der Waals surface area contributed by atoms with Crippen LogP contribution in [0.25, 0.3) is 0 Å². The van der Waals surface area contributed by atoms with E-state index >= 15 is 0 Å². The van der Waals surface area contributed by atoms with Gasteiger partial charge in [0.1, 0.15) is 11.8 Å². The fourth-order valence-corrected chi connectivity index (χ4v) is 6.04. The van der Waals surface area contributed by atoms with E-state index in [0.29, 0.717) is 24.2 Å². The molecule has 1 aliphatic carbocycles. The first-order valence-corrected chi connectivity index (χ1v) is 12.1. The maximum Gasteiger partial charge on any atom is 0.271 e. The van der Waals surface area contributed by atoms with Gasteiger partial charge in [-0.05, 0) is 36.6 Å². The summed E-state index contributed by atoms with van der Waals surface area (Å²) >= 11 is 0. The molecule has 2 aliphatic heterocycles. The summed E-state index contributed by atoms with van der Waals surface area (Å²) in [5.74, 6) is -4.56. The lowest BCUT2D eigenvalue weighted by Gasteiger charge is -2.34. The molecular formula is C26H26N4O7.